The van der Waals surface area contributed by atoms with Gasteiger partial charge in [-0.2, -0.15) is 0 Å². The van der Waals surface area contributed by atoms with Crippen LogP contribution in [0.25, 0.3) is 0 Å². The number of carbonyl (C=O) groups excluding carboxylic acids is 1. The van der Waals surface area contributed by atoms with Gasteiger partial charge in [-0.1, -0.05) is 26.0 Å². The third-order valence-corrected chi connectivity index (χ3v) is 5.12. The molecule has 0 unspecified atom stereocenters. The summed E-state index contributed by atoms with van der Waals surface area (Å²) in [6.45, 7) is 5.75. The largest absolute Gasteiger partial charge is 0.380 e. The summed E-state index contributed by atoms with van der Waals surface area (Å²) in [4.78, 5) is 12.6. The smallest absolute Gasteiger partial charge is 0.251 e. The van der Waals surface area contributed by atoms with Gasteiger partial charge < -0.3 is 14.8 Å². The van der Waals surface area contributed by atoms with Crippen molar-refractivity contribution < 1.29 is 14.3 Å². The Bertz CT molecular complexity index is 555. The van der Waals surface area contributed by atoms with Gasteiger partial charge in [0.15, 0.2) is 0 Å². The number of rotatable bonds is 4. The Hall–Kier alpha value is -1.39. The molecule has 1 aliphatic carbocycles. The van der Waals surface area contributed by atoms with E-state index >= 15 is 0 Å². The van der Waals surface area contributed by atoms with Crippen LogP contribution in [-0.4, -0.2) is 31.8 Å². The van der Waals surface area contributed by atoms with Crippen molar-refractivity contribution in [2.75, 3.05) is 13.7 Å². The number of ether oxygens (including phenoxy) is 2. The highest BCUT2D eigenvalue weighted by atomic mass is 16.5. The van der Waals surface area contributed by atoms with Gasteiger partial charge in [-0.15, -0.1) is 0 Å². The maximum absolute atomic E-state index is 12.6. The second-order valence-electron chi connectivity index (χ2n) is 7.00. The molecular formula is C18H25NO3. The summed E-state index contributed by atoms with van der Waals surface area (Å²) < 4.78 is 11.0. The minimum Gasteiger partial charge on any atom is -0.380 e. The number of fused-ring (bicyclic) bond motifs is 1. The first-order chi connectivity index (χ1) is 10.5. The zero-order valence-corrected chi connectivity index (χ0v) is 13.6. The topological polar surface area (TPSA) is 47.6 Å². The van der Waals surface area contributed by atoms with Crippen molar-refractivity contribution in [2.24, 2.45) is 11.3 Å². The normalized spacial score (nSPS) is 29.3. The molecule has 3 atom stereocenters. The van der Waals surface area contributed by atoms with E-state index in [2.05, 4.69) is 19.2 Å². The summed E-state index contributed by atoms with van der Waals surface area (Å²) in [5, 5.41) is 3.23. The third-order valence-electron chi connectivity index (χ3n) is 5.12. The van der Waals surface area contributed by atoms with Crippen LogP contribution in [0.5, 0.6) is 0 Å². The number of amides is 1. The predicted molar refractivity (Wildman–Crippen MR) is 84.7 cm³/mol. The molecule has 1 amide bonds. The van der Waals surface area contributed by atoms with Crippen LogP contribution in [0.15, 0.2) is 24.3 Å². The lowest BCUT2D eigenvalue weighted by atomic mass is 9.55. The van der Waals surface area contributed by atoms with E-state index in [1.807, 2.05) is 24.3 Å². The van der Waals surface area contributed by atoms with Gasteiger partial charge in [-0.05, 0) is 30.5 Å². The van der Waals surface area contributed by atoms with E-state index in [4.69, 9.17) is 9.47 Å². The lowest BCUT2D eigenvalue weighted by molar-refractivity contribution is -0.189. The lowest BCUT2D eigenvalue weighted by Crippen LogP contribution is -2.70. The van der Waals surface area contributed by atoms with E-state index < -0.39 is 0 Å². The fourth-order valence-corrected chi connectivity index (χ4v) is 4.01. The summed E-state index contributed by atoms with van der Waals surface area (Å²) in [5.41, 5.74) is 1.72. The van der Waals surface area contributed by atoms with Gasteiger partial charge >= 0.3 is 0 Å². The number of carbonyl (C=O) groups is 1. The molecule has 0 spiro atoms. The molecule has 3 rings (SSSR count). The first-order valence-corrected chi connectivity index (χ1v) is 8.04. The van der Waals surface area contributed by atoms with Crippen molar-refractivity contribution in [3.63, 3.8) is 0 Å². The van der Waals surface area contributed by atoms with Crippen LogP contribution in [0.2, 0.25) is 0 Å². The van der Waals surface area contributed by atoms with Gasteiger partial charge in [-0.3, -0.25) is 4.79 Å². The molecule has 4 heteroatoms. The highest BCUT2D eigenvalue weighted by Crippen LogP contribution is 2.51. The second-order valence-corrected chi connectivity index (χ2v) is 7.00. The van der Waals surface area contributed by atoms with Crippen LogP contribution >= 0.6 is 0 Å². The van der Waals surface area contributed by atoms with Crippen LogP contribution in [0, 0.1) is 11.3 Å². The summed E-state index contributed by atoms with van der Waals surface area (Å²) in [7, 11) is 1.66. The molecule has 2 fully saturated rings. The molecule has 0 bridgehead atoms. The third kappa shape index (κ3) is 2.66. The number of hydrogen-bond donors (Lipinski definition) is 1. The Kier molecular flexibility index (Phi) is 4.24. The van der Waals surface area contributed by atoms with Crippen molar-refractivity contribution >= 4 is 5.91 Å². The summed E-state index contributed by atoms with van der Waals surface area (Å²) in [6.07, 6.45) is 2.52. The average molecular weight is 303 g/mol. The van der Waals surface area contributed by atoms with Crippen molar-refractivity contribution in [1.29, 1.82) is 0 Å². The molecule has 1 aromatic rings. The monoisotopic (exact) mass is 303 g/mol. The molecule has 1 saturated heterocycles. The standard InChI is InChI=1S/C18H25NO3/c1-18(2)15(14-8-5-9-22-16(14)18)19-17(20)13-7-4-6-12(10-13)11-21-3/h4,6-7,10,14-16H,5,8-9,11H2,1-3H3,(H,19,20)/t14-,15-,16-/m1/s1. The van der Waals surface area contributed by atoms with Crippen molar-refractivity contribution in [1.82, 2.24) is 5.32 Å². The summed E-state index contributed by atoms with van der Waals surface area (Å²) in [5.74, 6) is 0.454. The number of methoxy groups -OCH3 is 1. The minimum atomic E-state index is 0.0000477. The van der Waals surface area contributed by atoms with Crippen LogP contribution in [-0.2, 0) is 16.1 Å². The molecule has 4 nitrogen and oxygen atoms in total. The van der Waals surface area contributed by atoms with E-state index in [1.54, 1.807) is 7.11 Å². The highest BCUT2D eigenvalue weighted by Gasteiger charge is 2.58. The molecule has 0 aromatic heterocycles. The maximum Gasteiger partial charge on any atom is 0.251 e. The van der Waals surface area contributed by atoms with E-state index in [-0.39, 0.29) is 23.5 Å². The van der Waals surface area contributed by atoms with Crippen LogP contribution in [0.3, 0.4) is 0 Å². The van der Waals surface area contributed by atoms with Crippen molar-refractivity contribution in [3.05, 3.63) is 35.4 Å². The number of nitrogens with one attached hydrogen (secondary N) is 1. The van der Waals surface area contributed by atoms with Gasteiger partial charge in [0.25, 0.3) is 5.91 Å². The second kappa shape index (κ2) is 6.01. The van der Waals surface area contributed by atoms with E-state index in [0.29, 0.717) is 18.1 Å². The molecule has 1 aliphatic heterocycles. The summed E-state index contributed by atoms with van der Waals surface area (Å²) in [6, 6.07) is 7.82. The molecule has 1 heterocycles. The van der Waals surface area contributed by atoms with E-state index in [1.165, 1.54) is 0 Å². The van der Waals surface area contributed by atoms with Gasteiger partial charge in [0, 0.05) is 36.7 Å². The van der Waals surface area contributed by atoms with Crippen molar-refractivity contribution in [3.8, 4) is 0 Å². The molecule has 1 aromatic carbocycles. The molecule has 0 radical (unpaired) electrons. The quantitative estimate of drug-likeness (QED) is 0.930. The Morgan fingerprint density at radius 3 is 3.05 bits per heavy atom. The molecule has 1 saturated carbocycles. The van der Waals surface area contributed by atoms with E-state index in [0.717, 1.165) is 25.0 Å². The van der Waals surface area contributed by atoms with Crippen LogP contribution in [0.4, 0.5) is 0 Å². The van der Waals surface area contributed by atoms with Gasteiger partial charge in [0.1, 0.15) is 0 Å². The minimum absolute atomic E-state index is 0.0000477. The zero-order chi connectivity index (χ0) is 15.7. The Morgan fingerprint density at radius 1 is 1.45 bits per heavy atom. The lowest BCUT2D eigenvalue weighted by Gasteiger charge is -2.59. The van der Waals surface area contributed by atoms with Crippen molar-refractivity contribution in [2.45, 2.75) is 45.4 Å². The molecule has 1 N–H and O–H groups in total. The van der Waals surface area contributed by atoms with Gasteiger partial charge in [-0.25, -0.2) is 0 Å². The fraction of sp³-hybridized carbons (Fsp3) is 0.611. The average Bonchev–Trinajstić information content (AvgIpc) is 2.53. The van der Waals surface area contributed by atoms with Crippen LogP contribution < -0.4 is 5.32 Å². The van der Waals surface area contributed by atoms with Gasteiger partial charge in [0.2, 0.25) is 0 Å². The van der Waals surface area contributed by atoms with Crippen LogP contribution in [0.1, 0.15) is 42.6 Å². The van der Waals surface area contributed by atoms with E-state index in [9.17, 15) is 4.79 Å². The molecule has 22 heavy (non-hydrogen) atoms. The number of benzene rings is 1. The zero-order valence-electron chi connectivity index (χ0n) is 13.6. The summed E-state index contributed by atoms with van der Waals surface area (Å²) >= 11 is 0. The Labute approximate surface area is 132 Å². The molecular weight excluding hydrogens is 278 g/mol. The Balaban J connectivity index is 1.70. The number of hydrogen-bond acceptors (Lipinski definition) is 3. The maximum atomic E-state index is 12.6. The Morgan fingerprint density at radius 2 is 2.27 bits per heavy atom. The molecule has 120 valence electrons. The predicted octanol–water partition coefficient (Wildman–Crippen LogP) is 2.77. The first kappa shape index (κ1) is 15.5. The first-order valence-electron chi connectivity index (χ1n) is 8.04. The fourth-order valence-electron chi connectivity index (χ4n) is 4.01. The highest BCUT2D eigenvalue weighted by molar-refractivity contribution is 5.94. The van der Waals surface area contributed by atoms with Gasteiger partial charge in [0.05, 0.1) is 12.7 Å². The molecule has 2 aliphatic rings. The SMILES string of the molecule is COCc1cccc(C(=O)N[C@@H]2[C@H]3CCCO[C@H]3C2(C)C)c1.